The second-order valence-corrected chi connectivity index (χ2v) is 8.31. The van der Waals surface area contributed by atoms with Crippen LogP contribution in [0.25, 0.3) is 0 Å². The summed E-state index contributed by atoms with van der Waals surface area (Å²) in [7, 11) is 0. The highest BCUT2D eigenvalue weighted by molar-refractivity contribution is 7.09. The molecule has 4 saturated carbocycles. The van der Waals surface area contributed by atoms with Crippen LogP contribution < -0.4 is 11.3 Å². The van der Waals surface area contributed by atoms with Crippen LogP contribution >= 0.6 is 11.3 Å². The molecular weight excluding hydrogens is 252 g/mol. The fraction of sp³-hybridized carbons (Fsp3) is 0.750. The van der Waals surface area contributed by atoms with E-state index >= 15 is 0 Å². The first kappa shape index (κ1) is 12.4. The molecule has 1 atom stereocenters. The molecule has 19 heavy (non-hydrogen) atoms. The summed E-state index contributed by atoms with van der Waals surface area (Å²) in [5.41, 5.74) is 3.71. The highest BCUT2D eigenvalue weighted by atomic mass is 32.1. The van der Waals surface area contributed by atoms with Gasteiger partial charge in [0.15, 0.2) is 0 Å². The van der Waals surface area contributed by atoms with Crippen LogP contribution in [-0.2, 0) is 6.42 Å². The summed E-state index contributed by atoms with van der Waals surface area (Å²) < 4.78 is 0. The number of nitrogens with two attached hydrogens (primary N) is 1. The van der Waals surface area contributed by atoms with Crippen molar-refractivity contribution in [2.75, 3.05) is 0 Å². The van der Waals surface area contributed by atoms with Crippen LogP contribution in [0.3, 0.4) is 0 Å². The first-order valence-corrected chi connectivity index (χ1v) is 8.64. The van der Waals surface area contributed by atoms with Crippen molar-refractivity contribution in [3.05, 3.63) is 22.4 Å². The summed E-state index contributed by atoms with van der Waals surface area (Å²) in [4.78, 5) is 1.48. The number of thiophene rings is 1. The minimum Gasteiger partial charge on any atom is -0.271 e. The third-order valence-corrected chi connectivity index (χ3v) is 6.91. The maximum absolute atomic E-state index is 5.97. The zero-order valence-corrected chi connectivity index (χ0v) is 12.3. The van der Waals surface area contributed by atoms with Crippen LogP contribution in [0.5, 0.6) is 0 Å². The lowest BCUT2D eigenvalue weighted by atomic mass is 9.47. The fourth-order valence-corrected chi connectivity index (χ4v) is 6.44. The fourth-order valence-electron chi connectivity index (χ4n) is 5.69. The van der Waals surface area contributed by atoms with E-state index in [1.54, 1.807) is 0 Å². The standard InChI is InChI=1S/C16H24N2S/c17-18-15(7-14-2-1-3-19-14)16-8-11-4-12(9-16)6-13(5-11)10-16/h1-3,11-13,15,18H,4-10,17H2. The predicted octanol–water partition coefficient (Wildman–Crippen LogP) is 3.34. The second-order valence-electron chi connectivity index (χ2n) is 7.28. The molecule has 1 aromatic rings. The average Bonchev–Trinajstić information content (AvgIpc) is 2.87. The summed E-state index contributed by atoms with van der Waals surface area (Å²) in [5.74, 6) is 8.98. The molecule has 4 aliphatic rings. The normalized spacial score (nSPS) is 41.6. The van der Waals surface area contributed by atoms with Gasteiger partial charge >= 0.3 is 0 Å². The lowest BCUT2D eigenvalue weighted by molar-refractivity contribution is -0.0736. The molecule has 0 aromatic carbocycles. The Labute approximate surface area is 119 Å². The van der Waals surface area contributed by atoms with Gasteiger partial charge in [0.25, 0.3) is 0 Å². The third-order valence-electron chi connectivity index (χ3n) is 6.01. The van der Waals surface area contributed by atoms with Crippen molar-refractivity contribution < 1.29 is 0 Å². The first-order chi connectivity index (χ1) is 9.27. The van der Waals surface area contributed by atoms with E-state index in [9.17, 15) is 0 Å². The van der Waals surface area contributed by atoms with Gasteiger partial charge in [-0.25, -0.2) is 0 Å². The molecule has 3 N–H and O–H groups in total. The van der Waals surface area contributed by atoms with Crippen molar-refractivity contribution in [3.8, 4) is 0 Å². The lowest BCUT2D eigenvalue weighted by Crippen LogP contribution is -2.58. The van der Waals surface area contributed by atoms with Gasteiger partial charge in [-0.2, -0.15) is 0 Å². The van der Waals surface area contributed by atoms with Crippen LogP contribution in [0.1, 0.15) is 43.4 Å². The molecule has 4 aliphatic carbocycles. The quantitative estimate of drug-likeness (QED) is 0.654. The summed E-state index contributed by atoms with van der Waals surface area (Å²) in [6.45, 7) is 0. The van der Waals surface area contributed by atoms with Gasteiger partial charge in [-0.3, -0.25) is 11.3 Å². The number of rotatable bonds is 4. The molecule has 2 nitrogen and oxygen atoms in total. The monoisotopic (exact) mass is 276 g/mol. The Morgan fingerprint density at radius 1 is 1.21 bits per heavy atom. The first-order valence-electron chi connectivity index (χ1n) is 7.76. The average molecular weight is 276 g/mol. The molecule has 0 radical (unpaired) electrons. The molecule has 4 fully saturated rings. The molecule has 104 valence electrons. The van der Waals surface area contributed by atoms with Gasteiger partial charge in [0.1, 0.15) is 0 Å². The van der Waals surface area contributed by atoms with Crippen LogP contribution in [-0.4, -0.2) is 6.04 Å². The summed E-state index contributed by atoms with van der Waals surface area (Å²) in [6.07, 6.45) is 9.94. The van der Waals surface area contributed by atoms with Gasteiger partial charge in [0, 0.05) is 10.9 Å². The van der Waals surface area contributed by atoms with E-state index in [0.717, 1.165) is 24.2 Å². The highest BCUT2D eigenvalue weighted by Crippen LogP contribution is 2.61. The van der Waals surface area contributed by atoms with Crippen LogP contribution in [0.4, 0.5) is 0 Å². The Kier molecular flexibility index (Phi) is 2.98. The molecule has 3 heteroatoms. The topological polar surface area (TPSA) is 38.0 Å². The molecule has 5 rings (SSSR count). The van der Waals surface area contributed by atoms with E-state index < -0.39 is 0 Å². The lowest BCUT2D eigenvalue weighted by Gasteiger charge is -2.59. The summed E-state index contributed by atoms with van der Waals surface area (Å²) in [6, 6.07) is 4.91. The number of hydrogen-bond donors (Lipinski definition) is 2. The maximum atomic E-state index is 5.97. The number of nitrogens with one attached hydrogen (secondary N) is 1. The molecule has 0 amide bonds. The van der Waals surface area contributed by atoms with Gasteiger partial charge in [-0.15, -0.1) is 11.3 Å². The molecular formula is C16H24N2S. The van der Waals surface area contributed by atoms with Crippen molar-refractivity contribution in [1.82, 2.24) is 5.43 Å². The number of hydrogen-bond acceptors (Lipinski definition) is 3. The van der Waals surface area contributed by atoms with E-state index in [-0.39, 0.29) is 0 Å². The van der Waals surface area contributed by atoms with Gasteiger partial charge in [0.2, 0.25) is 0 Å². The maximum Gasteiger partial charge on any atom is 0.0315 e. The van der Waals surface area contributed by atoms with Crippen molar-refractivity contribution in [3.63, 3.8) is 0 Å². The SMILES string of the molecule is NNC(Cc1cccs1)C12CC3CC(CC(C3)C1)C2. The van der Waals surface area contributed by atoms with Gasteiger partial charge in [-0.1, -0.05) is 6.07 Å². The smallest absolute Gasteiger partial charge is 0.0315 e. The molecule has 0 aliphatic heterocycles. The van der Waals surface area contributed by atoms with Gasteiger partial charge < -0.3 is 0 Å². The molecule has 4 bridgehead atoms. The summed E-state index contributed by atoms with van der Waals surface area (Å²) >= 11 is 1.88. The van der Waals surface area contributed by atoms with Crippen LogP contribution in [0.2, 0.25) is 0 Å². The van der Waals surface area contributed by atoms with Crippen LogP contribution in [0, 0.1) is 23.2 Å². The molecule has 0 spiro atoms. The van der Waals surface area contributed by atoms with Crippen molar-refractivity contribution in [2.24, 2.45) is 29.0 Å². The van der Waals surface area contributed by atoms with E-state index in [0.29, 0.717) is 11.5 Å². The van der Waals surface area contributed by atoms with Crippen molar-refractivity contribution in [2.45, 2.75) is 51.0 Å². The molecule has 1 unspecified atom stereocenters. The zero-order valence-electron chi connectivity index (χ0n) is 11.5. The zero-order chi connectivity index (χ0) is 12.9. The largest absolute Gasteiger partial charge is 0.271 e. The van der Waals surface area contributed by atoms with E-state index in [2.05, 4.69) is 22.9 Å². The van der Waals surface area contributed by atoms with Gasteiger partial charge in [-0.05, 0) is 79.6 Å². The minimum absolute atomic E-state index is 0.486. The Balaban J connectivity index is 1.58. The molecule has 1 aromatic heterocycles. The summed E-state index contributed by atoms with van der Waals surface area (Å²) in [5, 5.41) is 2.18. The predicted molar refractivity (Wildman–Crippen MR) is 79.7 cm³/mol. The van der Waals surface area contributed by atoms with E-state index in [1.165, 1.54) is 43.4 Å². The van der Waals surface area contributed by atoms with E-state index in [1.807, 2.05) is 11.3 Å². The Bertz CT molecular complexity index is 404. The van der Waals surface area contributed by atoms with E-state index in [4.69, 9.17) is 5.84 Å². The van der Waals surface area contributed by atoms with Gasteiger partial charge in [0.05, 0.1) is 0 Å². The third kappa shape index (κ3) is 2.07. The second kappa shape index (κ2) is 4.57. The minimum atomic E-state index is 0.486. The Morgan fingerprint density at radius 3 is 2.32 bits per heavy atom. The Morgan fingerprint density at radius 2 is 1.84 bits per heavy atom. The Hall–Kier alpha value is -0.380. The number of hydrazine groups is 1. The highest BCUT2D eigenvalue weighted by Gasteiger charge is 2.53. The molecule has 1 heterocycles. The van der Waals surface area contributed by atoms with Crippen molar-refractivity contribution in [1.29, 1.82) is 0 Å². The van der Waals surface area contributed by atoms with Crippen molar-refractivity contribution >= 4 is 11.3 Å². The van der Waals surface area contributed by atoms with Crippen LogP contribution in [0.15, 0.2) is 17.5 Å². The molecule has 0 saturated heterocycles.